The molecule has 3 rings (SSSR count). The molecule has 0 spiro atoms. The minimum absolute atomic E-state index is 0.687. The van der Waals surface area contributed by atoms with E-state index >= 15 is 0 Å². The van der Waals surface area contributed by atoms with Crippen LogP contribution in [0.3, 0.4) is 0 Å². The van der Waals surface area contributed by atoms with Gasteiger partial charge < -0.3 is 5.73 Å². The topological polar surface area (TPSA) is 43.8 Å². The van der Waals surface area contributed by atoms with Crippen molar-refractivity contribution in [3.63, 3.8) is 0 Å². The van der Waals surface area contributed by atoms with Gasteiger partial charge in [0.1, 0.15) is 5.69 Å². The van der Waals surface area contributed by atoms with Crippen LogP contribution in [0.2, 0.25) is 0 Å². The van der Waals surface area contributed by atoms with Crippen LogP contribution in [0.1, 0.15) is 5.56 Å². The average molecular weight is 407 g/mol. The minimum atomic E-state index is 0.687. The van der Waals surface area contributed by atoms with Crippen LogP contribution >= 0.6 is 31.9 Å². The fourth-order valence-electron chi connectivity index (χ4n) is 2.17. The maximum Gasteiger partial charge on any atom is 0.115 e. The highest BCUT2D eigenvalue weighted by atomic mass is 79.9. The van der Waals surface area contributed by atoms with Gasteiger partial charge in [-0.2, -0.15) is 5.10 Å². The summed E-state index contributed by atoms with van der Waals surface area (Å²) in [7, 11) is 0. The molecule has 0 saturated carbocycles. The second kappa shape index (κ2) is 6.03. The number of hydrogen-bond donors (Lipinski definition) is 1. The maximum absolute atomic E-state index is 6.09. The van der Waals surface area contributed by atoms with Crippen LogP contribution in [0.4, 0.5) is 5.69 Å². The van der Waals surface area contributed by atoms with Gasteiger partial charge in [-0.3, -0.25) is 4.68 Å². The van der Waals surface area contributed by atoms with Crippen molar-refractivity contribution in [1.29, 1.82) is 0 Å². The molecule has 5 heteroatoms. The van der Waals surface area contributed by atoms with E-state index < -0.39 is 0 Å². The number of benzene rings is 2. The Labute approximate surface area is 140 Å². The van der Waals surface area contributed by atoms with Crippen molar-refractivity contribution in [1.82, 2.24) is 9.78 Å². The molecular weight excluding hydrogens is 394 g/mol. The predicted molar refractivity (Wildman–Crippen MR) is 93.0 cm³/mol. The summed E-state index contributed by atoms with van der Waals surface area (Å²) in [5.74, 6) is 0. The van der Waals surface area contributed by atoms with Crippen LogP contribution in [0.15, 0.2) is 63.7 Å². The summed E-state index contributed by atoms with van der Waals surface area (Å²) >= 11 is 6.91. The van der Waals surface area contributed by atoms with Crippen LogP contribution in [0, 0.1) is 0 Å². The van der Waals surface area contributed by atoms with Crippen LogP contribution in [-0.4, -0.2) is 9.78 Å². The molecule has 3 aromatic rings. The third-order valence-electron chi connectivity index (χ3n) is 3.14. The van der Waals surface area contributed by atoms with Gasteiger partial charge >= 0.3 is 0 Å². The molecule has 0 aliphatic carbocycles. The Morgan fingerprint density at radius 2 is 1.76 bits per heavy atom. The lowest BCUT2D eigenvalue weighted by Gasteiger charge is -2.02. The number of halogens is 2. The highest BCUT2D eigenvalue weighted by molar-refractivity contribution is 9.10. The van der Waals surface area contributed by atoms with E-state index in [9.17, 15) is 0 Å². The Balaban J connectivity index is 1.89. The SMILES string of the molecule is Nc1cn(Cc2cccc(Br)c2)nc1-c1ccc(Br)cc1. The van der Waals surface area contributed by atoms with Crippen molar-refractivity contribution in [2.45, 2.75) is 6.54 Å². The zero-order valence-electron chi connectivity index (χ0n) is 11.1. The normalized spacial score (nSPS) is 10.8. The van der Waals surface area contributed by atoms with E-state index in [2.05, 4.69) is 49.1 Å². The Morgan fingerprint density at radius 1 is 1.00 bits per heavy atom. The number of nitrogens with zero attached hydrogens (tertiary/aromatic N) is 2. The first kappa shape index (κ1) is 14.4. The smallest absolute Gasteiger partial charge is 0.115 e. The number of nitrogen functional groups attached to an aromatic ring is 1. The first-order valence-electron chi connectivity index (χ1n) is 6.45. The average Bonchev–Trinajstić information content (AvgIpc) is 2.80. The van der Waals surface area contributed by atoms with E-state index in [0.717, 1.165) is 20.2 Å². The number of hydrogen-bond acceptors (Lipinski definition) is 2. The molecule has 0 unspecified atom stereocenters. The van der Waals surface area contributed by atoms with Crippen LogP contribution in [-0.2, 0) is 6.54 Å². The summed E-state index contributed by atoms with van der Waals surface area (Å²) < 4.78 is 3.97. The number of nitrogens with two attached hydrogens (primary N) is 1. The zero-order chi connectivity index (χ0) is 14.8. The molecule has 1 aromatic heterocycles. The Hall–Kier alpha value is -1.59. The molecule has 0 bridgehead atoms. The molecule has 0 saturated heterocycles. The highest BCUT2D eigenvalue weighted by Gasteiger charge is 2.09. The largest absolute Gasteiger partial charge is 0.396 e. The van der Waals surface area contributed by atoms with Crippen molar-refractivity contribution in [3.05, 3.63) is 69.2 Å². The van der Waals surface area contributed by atoms with Gasteiger partial charge in [0.15, 0.2) is 0 Å². The third kappa shape index (κ3) is 3.36. The molecular formula is C16H13Br2N3. The lowest BCUT2D eigenvalue weighted by molar-refractivity contribution is 0.689. The zero-order valence-corrected chi connectivity index (χ0v) is 14.3. The van der Waals surface area contributed by atoms with Gasteiger partial charge in [-0.25, -0.2) is 0 Å². The van der Waals surface area contributed by atoms with Crippen molar-refractivity contribution in [2.75, 3.05) is 5.73 Å². The van der Waals surface area contributed by atoms with Crippen LogP contribution in [0.5, 0.6) is 0 Å². The molecule has 0 radical (unpaired) electrons. The summed E-state index contributed by atoms with van der Waals surface area (Å²) in [5.41, 5.74) is 9.79. The molecule has 0 atom stereocenters. The monoisotopic (exact) mass is 405 g/mol. The number of anilines is 1. The molecule has 0 aliphatic rings. The van der Waals surface area contributed by atoms with E-state index in [0.29, 0.717) is 12.2 Å². The molecule has 21 heavy (non-hydrogen) atoms. The Kier molecular flexibility index (Phi) is 4.12. The van der Waals surface area contributed by atoms with Crippen molar-refractivity contribution >= 4 is 37.5 Å². The summed E-state index contributed by atoms with van der Waals surface area (Å²) in [6.07, 6.45) is 1.87. The molecule has 2 N–H and O–H groups in total. The third-order valence-corrected chi connectivity index (χ3v) is 4.16. The quantitative estimate of drug-likeness (QED) is 0.684. The first-order chi connectivity index (χ1) is 10.1. The van der Waals surface area contributed by atoms with E-state index in [1.54, 1.807) is 0 Å². The Morgan fingerprint density at radius 3 is 2.48 bits per heavy atom. The fourth-order valence-corrected chi connectivity index (χ4v) is 2.88. The molecule has 0 aliphatic heterocycles. The highest BCUT2D eigenvalue weighted by Crippen LogP contribution is 2.26. The van der Waals surface area contributed by atoms with E-state index in [4.69, 9.17) is 5.73 Å². The lowest BCUT2D eigenvalue weighted by atomic mass is 10.1. The summed E-state index contributed by atoms with van der Waals surface area (Å²) in [5, 5.41) is 4.60. The first-order valence-corrected chi connectivity index (χ1v) is 8.04. The van der Waals surface area contributed by atoms with Crippen LogP contribution in [0.25, 0.3) is 11.3 Å². The van der Waals surface area contributed by atoms with Gasteiger partial charge in [0.2, 0.25) is 0 Å². The summed E-state index contributed by atoms with van der Waals surface area (Å²) in [6, 6.07) is 16.2. The van der Waals surface area contributed by atoms with Crippen molar-refractivity contribution < 1.29 is 0 Å². The Bertz CT molecular complexity index is 763. The fraction of sp³-hybridized carbons (Fsp3) is 0.0625. The summed E-state index contributed by atoms with van der Waals surface area (Å²) in [6.45, 7) is 0.695. The molecule has 1 heterocycles. The molecule has 0 fully saturated rings. The standard InChI is InChI=1S/C16H13Br2N3/c17-13-6-4-12(5-7-13)16-15(19)10-21(20-16)9-11-2-1-3-14(18)8-11/h1-8,10H,9,19H2. The maximum atomic E-state index is 6.09. The van der Waals surface area contributed by atoms with Gasteiger partial charge in [0, 0.05) is 20.7 Å². The van der Waals surface area contributed by atoms with Gasteiger partial charge in [-0.05, 0) is 29.8 Å². The van der Waals surface area contributed by atoms with Gasteiger partial charge in [0.25, 0.3) is 0 Å². The summed E-state index contributed by atoms with van der Waals surface area (Å²) in [4.78, 5) is 0. The molecule has 0 amide bonds. The molecule has 106 valence electrons. The van der Waals surface area contributed by atoms with Gasteiger partial charge in [-0.15, -0.1) is 0 Å². The molecule has 3 nitrogen and oxygen atoms in total. The second-order valence-corrected chi connectivity index (χ2v) is 6.60. The van der Waals surface area contributed by atoms with Gasteiger partial charge in [-0.1, -0.05) is 56.1 Å². The van der Waals surface area contributed by atoms with Gasteiger partial charge in [0.05, 0.1) is 12.2 Å². The van der Waals surface area contributed by atoms with Crippen molar-refractivity contribution in [3.8, 4) is 11.3 Å². The molecule has 2 aromatic carbocycles. The minimum Gasteiger partial charge on any atom is -0.396 e. The van der Waals surface area contributed by atoms with Crippen molar-refractivity contribution in [2.24, 2.45) is 0 Å². The predicted octanol–water partition coefficient (Wildman–Crippen LogP) is 4.71. The van der Waals surface area contributed by atoms with E-state index in [1.807, 2.05) is 47.3 Å². The lowest BCUT2D eigenvalue weighted by Crippen LogP contribution is -2.00. The number of aromatic nitrogens is 2. The number of rotatable bonds is 3. The van der Waals surface area contributed by atoms with E-state index in [-0.39, 0.29) is 0 Å². The van der Waals surface area contributed by atoms with E-state index in [1.165, 1.54) is 5.56 Å². The second-order valence-electron chi connectivity index (χ2n) is 4.77. The van der Waals surface area contributed by atoms with Crippen LogP contribution < -0.4 is 5.73 Å².